The number of carbonyl (C=O) groups excluding carboxylic acids is 2. The number of carbonyl (C=O) groups is 2. The molecule has 1 aliphatic rings. The molecular weight excluding hydrogens is 396 g/mol. The minimum absolute atomic E-state index is 0.00124. The van der Waals surface area contributed by atoms with Crippen molar-refractivity contribution in [1.29, 1.82) is 0 Å². The Morgan fingerprint density at radius 2 is 1.69 bits per heavy atom. The summed E-state index contributed by atoms with van der Waals surface area (Å²) in [6.07, 6.45) is 0.873. The fourth-order valence-electron chi connectivity index (χ4n) is 2.91. The first kappa shape index (κ1) is 21.0. The number of thioether (sulfide) groups is 1. The second kappa shape index (κ2) is 8.78. The lowest BCUT2D eigenvalue weighted by Crippen LogP contribution is -2.31. The lowest BCUT2D eigenvalue weighted by atomic mass is 10.1. The molecular formula is C22H21F2NO3S. The highest BCUT2D eigenvalue weighted by molar-refractivity contribution is 8.04. The van der Waals surface area contributed by atoms with Crippen molar-refractivity contribution < 1.29 is 23.1 Å². The van der Waals surface area contributed by atoms with Gasteiger partial charge in [0.15, 0.2) is 11.6 Å². The Kier molecular flexibility index (Phi) is 6.37. The van der Waals surface area contributed by atoms with Gasteiger partial charge in [-0.05, 0) is 36.2 Å². The van der Waals surface area contributed by atoms with E-state index in [-0.39, 0.29) is 21.4 Å². The monoisotopic (exact) mass is 417 g/mol. The highest BCUT2D eigenvalue weighted by atomic mass is 32.2. The zero-order valence-corrected chi connectivity index (χ0v) is 17.2. The summed E-state index contributed by atoms with van der Waals surface area (Å²) in [4.78, 5) is 27.4. The zero-order valence-electron chi connectivity index (χ0n) is 16.4. The van der Waals surface area contributed by atoms with Gasteiger partial charge in [-0.15, -0.1) is 11.8 Å². The largest absolute Gasteiger partial charge is 0.494 e. The zero-order chi connectivity index (χ0) is 21.1. The molecule has 0 spiro atoms. The lowest BCUT2D eigenvalue weighted by Gasteiger charge is -2.15. The van der Waals surface area contributed by atoms with Crippen molar-refractivity contribution in [2.75, 3.05) is 11.5 Å². The van der Waals surface area contributed by atoms with Gasteiger partial charge in [-0.2, -0.15) is 0 Å². The summed E-state index contributed by atoms with van der Waals surface area (Å²) >= 11 is 1.27. The summed E-state index contributed by atoms with van der Waals surface area (Å²) in [5.41, 5.74) is 0.819. The molecule has 0 N–H and O–H groups in total. The van der Waals surface area contributed by atoms with Gasteiger partial charge in [0.25, 0.3) is 11.8 Å². The number of hydrogen-bond donors (Lipinski definition) is 0. The highest BCUT2D eigenvalue weighted by Crippen LogP contribution is 2.40. The number of imide groups is 1. The van der Waals surface area contributed by atoms with Gasteiger partial charge >= 0.3 is 0 Å². The van der Waals surface area contributed by atoms with E-state index in [9.17, 15) is 18.4 Å². The molecule has 0 saturated carbocycles. The maximum Gasteiger partial charge on any atom is 0.272 e. The van der Waals surface area contributed by atoms with Crippen LogP contribution in [0.5, 0.6) is 5.75 Å². The number of rotatable bonds is 7. The van der Waals surface area contributed by atoms with Gasteiger partial charge in [0.05, 0.1) is 22.8 Å². The molecule has 29 heavy (non-hydrogen) atoms. The third kappa shape index (κ3) is 4.34. The average molecular weight is 417 g/mol. The molecule has 0 fully saturated rings. The quantitative estimate of drug-likeness (QED) is 0.583. The molecule has 1 aliphatic heterocycles. The van der Waals surface area contributed by atoms with Crippen molar-refractivity contribution in [2.45, 2.75) is 32.4 Å². The van der Waals surface area contributed by atoms with Crippen molar-refractivity contribution in [3.63, 3.8) is 0 Å². The standard InChI is InChI=1S/C22H21F2NO3S/c1-4-11-28-16-8-5-14(6-9-16)19-20(29-13(2)3)22(27)25(21(19)26)15-7-10-17(23)18(24)12-15/h5-10,12-13H,4,11H2,1-3H3. The number of ether oxygens (including phenoxy) is 1. The van der Waals surface area contributed by atoms with E-state index >= 15 is 0 Å². The molecule has 7 heteroatoms. The van der Waals surface area contributed by atoms with Gasteiger partial charge in [0.1, 0.15) is 5.75 Å². The first-order chi connectivity index (χ1) is 13.8. The molecule has 2 aromatic rings. The number of nitrogens with zero attached hydrogens (tertiary/aromatic N) is 1. The van der Waals surface area contributed by atoms with E-state index in [1.165, 1.54) is 17.8 Å². The van der Waals surface area contributed by atoms with Crippen LogP contribution in [0.2, 0.25) is 0 Å². The van der Waals surface area contributed by atoms with Crippen molar-refractivity contribution in [1.82, 2.24) is 0 Å². The van der Waals surface area contributed by atoms with Gasteiger partial charge in [0, 0.05) is 11.3 Å². The van der Waals surface area contributed by atoms with Crippen LogP contribution in [0, 0.1) is 11.6 Å². The van der Waals surface area contributed by atoms with Crippen LogP contribution in [0.4, 0.5) is 14.5 Å². The fourth-order valence-corrected chi connectivity index (χ4v) is 3.89. The summed E-state index contributed by atoms with van der Waals surface area (Å²) in [5, 5.41) is 0.0498. The molecule has 0 aliphatic carbocycles. The van der Waals surface area contributed by atoms with Crippen molar-refractivity contribution >= 4 is 34.8 Å². The fraction of sp³-hybridized carbons (Fsp3) is 0.273. The molecule has 0 unspecified atom stereocenters. The molecule has 152 valence electrons. The Balaban J connectivity index is 2.01. The van der Waals surface area contributed by atoms with Crippen LogP contribution >= 0.6 is 11.8 Å². The first-order valence-electron chi connectivity index (χ1n) is 9.31. The van der Waals surface area contributed by atoms with E-state index in [0.29, 0.717) is 17.9 Å². The summed E-state index contributed by atoms with van der Waals surface area (Å²) in [5.74, 6) is -2.59. The normalized spacial score (nSPS) is 14.3. The van der Waals surface area contributed by atoms with Gasteiger partial charge in [-0.3, -0.25) is 9.59 Å². The third-order valence-corrected chi connectivity index (χ3v) is 5.26. The van der Waals surface area contributed by atoms with Crippen molar-refractivity contribution in [3.8, 4) is 5.75 Å². The lowest BCUT2D eigenvalue weighted by molar-refractivity contribution is -0.119. The second-order valence-electron chi connectivity index (χ2n) is 6.79. The van der Waals surface area contributed by atoms with Gasteiger partial charge in [0.2, 0.25) is 0 Å². The number of amides is 2. The minimum atomic E-state index is -1.12. The molecule has 3 rings (SSSR count). The molecule has 0 atom stereocenters. The van der Waals surface area contributed by atoms with Gasteiger partial charge in [-0.1, -0.05) is 32.9 Å². The van der Waals surface area contributed by atoms with Crippen molar-refractivity contribution in [2.24, 2.45) is 0 Å². The SMILES string of the molecule is CCCOc1ccc(C2=C(SC(C)C)C(=O)N(c3ccc(F)c(F)c3)C2=O)cc1. The smallest absolute Gasteiger partial charge is 0.272 e. The van der Waals surface area contributed by atoms with Crippen LogP contribution in [-0.2, 0) is 9.59 Å². The van der Waals surface area contributed by atoms with Crippen molar-refractivity contribution in [3.05, 3.63) is 64.6 Å². The van der Waals surface area contributed by atoms with E-state index in [1.54, 1.807) is 24.3 Å². The molecule has 0 saturated heterocycles. The number of hydrogen-bond acceptors (Lipinski definition) is 4. The Morgan fingerprint density at radius 3 is 2.28 bits per heavy atom. The molecule has 2 amide bonds. The topological polar surface area (TPSA) is 46.6 Å². The second-order valence-corrected chi connectivity index (χ2v) is 8.37. The van der Waals surface area contributed by atoms with Crippen LogP contribution in [0.15, 0.2) is 47.4 Å². The number of halogens is 2. The van der Waals surface area contributed by atoms with E-state index in [4.69, 9.17) is 4.74 Å². The molecule has 0 radical (unpaired) electrons. The molecule has 0 aromatic heterocycles. The predicted molar refractivity (Wildman–Crippen MR) is 111 cm³/mol. The molecule has 2 aromatic carbocycles. The van der Waals surface area contributed by atoms with Crippen LogP contribution in [0.1, 0.15) is 32.8 Å². The summed E-state index contributed by atoms with van der Waals surface area (Å²) in [7, 11) is 0. The van der Waals surface area contributed by atoms with E-state index in [1.807, 2.05) is 20.8 Å². The number of anilines is 1. The van der Waals surface area contributed by atoms with E-state index < -0.39 is 23.4 Å². The summed E-state index contributed by atoms with van der Waals surface area (Å²) < 4.78 is 32.6. The maximum absolute atomic E-state index is 13.7. The average Bonchev–Trinajstić information content (AvgIpc) is 2.92. The minimum Gasteiger partial charge on any atom is -0.494 e. The molecule has 0 bridgehead atoms. The van der Waals surface area contributed by atoms with Gasteiger partial charge < -0.3 is 4.74 Å². The summed E-state index contributed by atoms with van der Waals surface area (Å²) in [6.45, 7) is 6.41. The van der Waals surface area contributed by atoms with Crippen LogP contribution in [-0.4, -0.2) is 23.7 Å². The highest BCUT2D eigenvalue weighted by Gasteiger charge is 2.40. The Labute approximate surface area is 172 Å². The first-order valence-corrected chi connectivity index (χ1v) is 10.2. The van der Waals surface area contributed by atoms with Gasteiger partial charge in [-0.25, -0.2) is 13.7 Å². The molecule has 4 nitrogen and oxygen atoms in total. The van der Waals surface area contributed by atoms with E-state index in [0.717, 1.165) is 23.5 Å². The molecule has 1 heterocycles. The van der Waals surface area contributed by atoms with E-state index in [2.05, 4.69) is 0 Å². The predicted octanol–water partition coefficient (Wildman–Crippen LogP) is 5.18. The Bertz CT molecular complexity index is 971. The summed E-state index contributed by atoms with van der Waals surface area (Å²) in [6, 6.07) is 9.91. The van der Waals surface area contributed by atoms with Crippen LogP contribution in [0.3, 0.4) is 0 Å². The Hall–Kier alpha value is -2.67. The number of benzene rings is 2. The van der Waals surface area contributed by atoms with Crippen LogP contribution < -0.4 is 9.64 Å². The Morgan fingerprint density at radius 1 is 1.00 bits per heavy atom. The third-order valence-electron chi connectivity index (χ3n) is 4.17. The van der Waals surface area contributed by atoms with Crippen LogP contribution in [0.25, 0.3) is 5.57 Å². The maximum atomic E-state index is 13.7.